The van der Waals surface area contributed by atoms with Gasteiger partial charge in [0.25, 0.3) is 0 Å². The van der Waals surface area contributed by atoms with Gasteiger partial charge in [-0.25, -0.2) is 0 Å². The van der Waals surface area contributed by atoms with Gasteiger partial charge in [-0.05, 0) is 19.3 Å². The number of hydrogen-bond acceptors (Lipinski definition) is 4. The van der Waals surface area contributed by atoms with E-state index in [9.17, 15) is 0 Å². The van der Waals surface area contributed by atoms with Crippen molar-refractivity contribution in [1.82, 2.24) is 0 Å². The fourth-order valence-electron chi connectivity index (χ4n) is 1.92. The van der Waals surface area contributed by atoms with Gasteiger partial charge < -0.3 is 22.9 Å². The summed E-state index contributed by atoms with van der Waals surface area (Å²) < 4.78 is 0. The van der Waals surface area contributed by atoms with Gasteiger partial charge in [0, 0.05) is 24.2 Å². The second-order valence-corrected chi connectivity index (χ2v) is 4.19. The Kier molecular flexibility index (Phi) is 4.12. The average Bonchev–Trinajstić information content (AvgIpc) is 2.13. The summed E-state index contributed by atoms with van der Waals surface area (Å²) in [5.74, 6) is 0. The minimum atomic E-state index is -0.0934. The van der Waals surface area contributed by atoms with Crippen LogP contribution in [0.5, 0.6) is 0 Å². The lowest BCUT2D eigenvalue weighted by Gasteiger charge is -2.25. The van der Waals surface area contributed by atoms with Crippen molar-refractivity contribution in [2.24, 2.45) is 22.9 Å². The standard InChI is InChI=1S/C9H22N4/c10-6-3-1-2-4-7(11)9(13)8(12)5-6/h6-9H,1-5,10-13H2. The molecule has 4 nitrogen and oxygen atoms in total. The predicted octanol–water partition coefficient (Wildman–Crippen LogP) is -0.740. The van der Waals surface area contributed by atoms with Crippen molar-refractivity contribution in [3.8, 4) is 0 Å². The first-order valence-electron chi connectivity index (χ1n) is 5.13. The van der Waals surface area contributed by atoms with Crippen LogP contribution in [0.2, 0.25) is 0 Å². The monoisotopic (exact) mass is 186 g/mol. The first-order chi connectivity index (χ1) is 6.11. The van der Waals surface area contributed by atoms with Crippen LogP contribution in [-0.4, -0.2) is 24.2 Å². The summed E-state index contributed by atoms with van der Waals surface area (Å²) in [6.07, 6.45) is 5.09. The lowest BCUT2D eigenvalue weighted by Crippen LogP contribution is -2.54. The van der Waals surface area contributed by atoms with Crippen LogP contribution in [-0.2, 0) is 0 Å². The third-order valence-electron chi connectivity index (χ3n) is 2.93. The predicted molar refractivity (Wildman–Crippen MR) is 55.0 cm³/mol. The molecular formula is C9H22N4. The van der Waals surface area contributed by atoms with E-state index in [1.54, 1.807) is 0 Å². The molecule has 0 heterocycles. The van der Waals surface area contributed by atoms with Crippen molar-refractivity contribution in [3.05, 3.63) is 0 Å². The van der Waals surface area contributed by atoms with Crippen LogP contribution in [0.15, 0.2) is 0 Å². The van der Waals surface area contributed by atoms with Gasteiger partial charge >= 0.3 is 0 Å². The van der Waals surface area contributed by atoms with Crippen LogP contribution in [0.1, 0.15) is 32.1 Å². The van der Waals surface area contributed by atoms with Gasteiger partial charge in [-0.2, -0.15) is 0 Å². The molecule has 1 aliphatic carbocycles. The molecule has 0 aliphatic heterocycles. The van der Waals surface area contributed by atoms with Crippen molar-refractivity contribution in [1.29, 1.82) is 0 Å². The molecule has 1 aliphatic rings. The van der Waals surface area contributed by atoms with Crippen molar-refractivity contribution in [3.63, 3.8) is 0 Å². The van der Waals surface area contributed by atoms with E-state index in [4.69, 9.17) is 22.9 Å². The summed E-state index contributed by atoms with van der Waals surface area (Å²) in [5, 5.41) is 0. The van der Waals surface area contributed by atoms with Crippen molar-refractivity contribution in [2.45, 2.75) is 56.3 Å². The van der Waals surface area contributed by atoms with Gasteiger partial charge in [-0.3, -0.25) is 0 Å². The van der Waals surface area contributed by atoms with Crippen molar-refractivity contribution in [2.75, 3.05) is 0 Å². The first kappa shape index (κ1) is 10.9. The molecule has 0 aromatic carbocycles. The van der Waals surface area contributed by atoms with E-state index in [1.807, 2.05) is 0 Å². The topological polar surface area (TPSA) is 104 Å². The zero-order valence-corrected chi connectivity index (χ0v) is 8.15. The third-order valence-corrected chi connectivity index (χ3v) is 2.93. The maximum Gasteiger partial charge on any atom is 0.0346 e. The summed E-state index contributed by atoms with van der Waals surface area (Å²) in [5.41, 5.74) is 23.6. The van der Waals surface area contributed by atoms with Crippen molar-refractivity contribution < 1.29 is 0 Å². The Labute approximate surface area is 80.0 Å². The van der Waals surface area contributed by atoms with E-state index in [2.05, 4.69) is 0 Å². The average molecular weight is 186 g/mol. The molecule has 0 spiro atoms. The maximum absolute atomic E-state index is 5.92. The molecule has 0 amide bonds. The Morgan fingerprint density at radius 1 is 0.769 bits per heavy atom. The molecule has 4 atom stereocenters. The van der Waals surface area contributed by atoms with E-state index >= 15 is 0 Å². The Morgan fingerprint density at radius 2 is 1.38 bits per heavy atom. The second kappa shape index (κ2) is 4.91. The molecule has 0 aromatic heterocycles. The number of rotatable bonds is 0. The van der Waals surface area contributed by atoms with Crippen LogP contribution in [0.25, 0.3) is 0 Å². The molecule has 8 N–H and O–H groups in total. The van der Waals surface area contributed by atoms with Gasteiger partial charge in [0.05, 0.1) is 0 Å². The second-order valence-electron chi connectivity index (χ2n) is 4.19. The third kappa shape index (κ3) is 3.23. The highest BCUT2D eigenvalue weighted by Gasteiger charge is 2.23. The Morgan fingerprint density at radius 3 is 2.08 bits per heavy atom. The molecule has 1 rings (SSSR count). The molecule has 1 saturated carbocycles. The molecule has 0 bridgehead atoms. The van der Waals surface area contributed by atoms with Gasteiger partial charge in [-0.15, -0.1) is 0 Å². The summed E-state index contributed by atoms with van der Waals surface area (Å²) >= 11 is 0. The van der Waals surface area contributed by atoms with Crippen LogP contribution in [0.3, 0.4) is 0 Å². The first-order valence-corrected chi connectivity index (χ1v) is 5.13. The van der Waals surface area contributed by atoms with Crippen LogP contribution < -0.4 is 22.9 Å². The fourth-order valence-corrected chi connectivity index (χ4v) is 1.92. The number of nitrogens with two attached hydrogens (primary N) is 4. The zero-order chi connectivity index (χ0) is 9.84. The quantitative estimate of drug-likeness (QED) is 0.400. The van der Waals surface area contributed by atoms with Crippen LogP contribution in [0, 0.1) is 0 Å². The molecule has 1 fully saturated rings. The lowest BCUT2D eigenvalue weighted by molar-refractivity contribution is 0.400. The number of hydrogen-bond donors (Lipinski definition) is 4. The minimum absolute atomic E-state index is 0.0388. The highest BCUT2D eigenvalue weighted by Crippen LogP contribution is 2.14. The summed E-state index contributed by atoms with van der Waals surface area (Å²) in [7, 11) is 0. The fraction of sp³-hybridized carbons (Fsp3) is 1.00. The summed E-state index contributed by atoms with van der Waals surface area (Å²) in [4.78, 5) is 0. The Balaban J connectivity index is 2.52. The van der Waals surface area contributed by atoms with E-state index in [0.29, 0.717) is 0 Å². The molecule has 0 radical (unpaired) electrons. The smallest absolute Gasteiger partial charge is 0.0346 e. The molecule has 0 aromatic rings. The largest absolute Gasteiger partial charge is 0.328 e. The molecular weight excluding hydrogens is 164 g/mol. The SMILES string of the molecule is NC1CCCCC(N)C(N)C(N)C1. The lowest BCUT2D eigenvalue weighted by atomic mass is 9.95. The zero-order valence-electron chi connectivity index (χ0n) is 8.15. The Hall–Kier alpha value is -0.160. The molecule has 13 heavy (non-hydrogen) atoms. The van der Waals surface area contributed by atoms with E-state index in [-0.39, 0.29) is 24.2 Å². The van der Waals surface area contributed by atoms with Crippen molar-refractivity contribution >= 4 is 0 Å². The maximum atomic E-state index is 5.92. The van der Waals surface area contributed by atoms with E-state index < -0.39 is 0 Å². The molecule has 4 heteroatoms. The highest BCUT2D eigenvalue weighted by molar-refractivity contribution is 4.89. The van der Waals surface area contributed by atoms with Crippen LogP contribution >= 0.6 is 0 Å². The highest BCUT2D eigenvalue weighted by atomic mass is 14.9. The molecule has 0 saturated heterocycles. The van der Waals surface area contributed by atoms with Gasteiger partial charge in [0.2, 0.25) is 0 Å². The van der Waals surface area contributed by atoms with E-state index in [0.717, 1.165) is 32.1 Å². The molecule has 78 valence electrons. The van der Waals surface area contributed by atoms with Crippen LogP contribution in [0.4, 0.5) is 0 Å². The normalized spacial score (nSPS) is 43.4. The van der Waals surface area contributed by atoms with Gasteiger partial charge in [0.15, 0.2) is 0 Å². The molecule has 4 unspecified atom stereocenters. The van der Waals surface area contributed by atoms with Gasteiger partial charge in [-0.1, -0.05) is 12.8 Å². The summed E-state index contributed by atoms with van der Waals surface area (Å²) in [6, 6.07) is 0.110. The van der Waals surface area contributed by atoms with Gasteiger partial charge in [0.1, 0.15) is 0 Å². The van der Waals surface area contributed by atoms with E-state index in [1.165, 1.54) is 0 Å². The Bertz CT molecular complexity index is 151. The minimum Gasteiger partial charge on any atom is -0.328 e. The summed E-state index contributed by atoms with van der Waals surface area (Å²) in [6.45, 7) is 0.